The molecule has 1 N–H and O–H groups in total. The first-order valence-electron chi connectivity index (χ1n) is 9.52. The largest absolute Gasteiger partial charge is 0.322 e. The summed E-state index contributed by atoms with van der Waals surface area (Å²) in [7, 11) is 0. The van der Waals surface area contributed by atoms with E-state index in [1.165, 1.54) is 10.4 Å². The van der Waals surface area contributed by atoms with E-state index < -0.39 is 6.04 Å². The third kappa shape index (κ3) is 3.06. The fourth-order valence-electron chi connectivity index (χ4n) is 4.09. The lowest BCUT2D eigenvalue weighted by Gasteiger charge is -2.29. The number of thiophene rings is 1. The smallest absolute Gasteiger partial charge is 0.255 e. The van der Waals surface area contributed by atoms with E-state index in [9.17, 15) is 14.4 Å². The van der Waals surface area contributed by atoms with E-state index in [4.69, 9.17) is 0 Å². The highest BCUT2D eigenvalue weighted by molar-refractivity contribution is 7.14. The standard InChI is InChI=1S/C23H18N2O3S/c26-20-9-8-19(22(27)24-20)25-13-16-12-15(6-7-18(16)23(25)28)17-10-11-29-21(17)14-4-2-1-3-5-14/h1-7,10-12,19H,8-9,13H2,(H,24,26,27). The third-order valence-electron chi connectivity index (χ3n) is 5.54. The Bertz CT molecular complexity index is 1140. The van der Waals surface area contributed by atoms with Crippen molar-refractivity contribution in [1.29, 1.82) is 0 Å². The van der Waals surface area contributed by atoms with Gasteiger partial charge in [0.1, 0.15) is 6.04 Å². The Balaban J connectivity index is 1.47. The average Bonchev–Trinajstić information content (AvgIpc) is 3.34. The number of carbonyl (C=O) groups excluding carboxylic acids is 3. The van der Waals surface area contributed by atoms with Crippen LogP contribution in [0.2, 0.25) is 0 Å². The Morgan fingerprint density at radius 1 is 0.931 bits per heavy atom. The number of amides is 3. The number of carbonyl (C=O) groups is 3. The van der Waals surface area contributed by atoms with Gasteiger partial charge in [0.15, 0.2) is 0 Å². The van der Waals surface area contributed by atoms with E-state index >= 15 is 0 Å². The maximum absolute atomic E-state index is 12.9. The van der Waals surface area contributed by atoms with Crippen molar-refractivity contribution in [3.63, 3.8) is 0 Å². The third-order valence-corrected chi connectivity index (χ3v) is 6.50. The fraction of sp³-hybridized carbons (Fsp3) is 0.174. The molecule has 5 rings (SSSR count). The van der Waals surface area contributed by atoms with Gasteiger partial charge in [-0.15, -0.1) is 11.3 Å². The molecule has 0 bridgehead atoms. The number of imide groups is 1. The Labute approximate surface area is 172 Å². The fourth-order valence-corrected chi connectivity index (χ4v) is 5.02. The molecular formula is C23H18N2O3S. The van der Waals surface area contributed by atoms with Crippen molar-refractivity contribution in [2.75, 3.05) is 0 Å². The van der Waals surface area contributed by atoms with Gasteiger partial charge in [-0.2, -0.15) is 0 Å². The lowest BCUT2D eigenvalue weighted by molar-refractivity contribution is -0.136. The number of rotatable bonds is 3. The maximum Gasteiger partial charge on any atom is 0.255 e. The number of nitrogens with one attached hydrogen (secondary N) is 1. The predicted molar refractivity (Wildman–Crippen MR) is 111 cm³/mol. The first kappa shape index (κ1) is 17.8. The molecule has 0 radical (unpaired) electrons. The molecular weight excluding hydrogens is 384 g/mol. The first-order chi connectivity index (χ1) is 14.1. The van der Waals surface area contributed by atoms with Crippen LogP contribution in [0.5, 0.6) is 0 Å². The highest BCUT2D eigenvalue weighted by atomic mass is 32.1. The summed E-state index contributed by atoms with van der Waals surface area (Å²) in [6, 6.07) is 17.6. The SMILES string of the molecule is O=C1CCC(N2Cc3cc(-c4ccsc4-c4ccccc4)ccc3C2=O)C(=O)N1. The number of hydrogen-bond donors (Lipinski definition) is 1. The van der Waals surface area contributed by atoms with Crippen LogP contribution in [0.3, 0.4) is 0 Å². The molecule has 3 heterocycles. The van der Waals surface area contributed by atoms with Gasteiger partial charge >= 0.3 is 0 Å². The van der Waals surface area contributed by atoms with Crippen LogP contribution in [-0.4, -0.2) is 28.7 Å². The summed E-state index contributed by atoms with van der Waals surface area (Å²) in [5.74, 6) is -0.801. The summed E-state index contributed by atoms with van der Waals surface area (Å²) in [6.45, 7) is 0.388. The number of hydrogen-bond acceptors (Lipinski definition) is 4. The summed E-state index contributed by atoms with van der Waals surface area (Å²) in [5.41, 5.74) is 4.91. The molecule has 1 fully saturated rings. The summed E-state index contributed by atoms with van der Waals surface area (Å²) >= 11 is 1.69. The quantitative estimate of drug-likeness (QED) is 0.677. The van der Waals surface area contributed by atoms with Crippen molar-refractivity contribution < 1.29 is 14.4 Å². The molecule has 1 aromatic heterocycles. The molecule has 6 heteroatoms. The van der Waals surface area contributed by atoms with Crippen LogP contribution >= 0.6 is 11.3 Å². The Morgan fingerprint density at radius 2 is 1.76 bits per heavy atom. The molecule has 0 saturated carbocycles. The van der Waals surface area contributed by atoms with Gasteiger partial charge in [0.2, 0.25) is 11.8 Å². The first-order valence-corrected chi connectivity index (χ1v) is 10.4. The molecule has 3 aromatic rings. The number of fused-ring (bicyclic) bond motifs is 1. The van der Waals surface area contributed by atoms with Crippen LogP contribution in [0.25, 0.3) is 21.6 Å². The van der Waals surface area contributed by atoms with E-state index in [-0.39, 0.29) is 24.1 Å². The molecule has 2 aliphatic rings. The number of nitrogens with zero attached hydrogens (tertiary/aromatic N) is 1. The average molecular weight is 402 g/mol. The van der Waals surface area contributed by atoms with E-state index in [0.29, 0.717) is 18.5 Å². The van der Waals surface area contributed by atoms with Crippen molar-refractivity contribution in [2.24, 2.45) is 0 Å². The van der Waals surface area contributed by atoms with E-state index in [0.717, 1.165) is 16.7 Å². The lowest BCUT2D eigenvalue weighted by atomic mass is 9.99. The topological polar surface area (TPSA) is 66.5 Å². The Kier molecular flexibility index (Phi) is 4.28. The van der Waals surface area contributed by atoms with Crippen molar-refractivity contribution >= 4 is 29.1 Å². The van der Waals surface area contributed by atoms with Crippen molar-refractivity contribution in [3.8, 4) is 21.6 Å². The minimum atomic E-state index is -0.586. The summed E-state index contributed by atoms with van der Waals surface area (Å²) in [4.78, 5) is 39.3. The minimum Gasteiger partial charge on any atom is -0.322 e. The van der Waals surface area contributed by atoms with E-state index in [1.54, 1.807) is 16.2 Å². The molecule has 2 aliphatic heterocycles. The minimum absolute atomic E-state index is 0.144. The Morgan fingerprint density at radius 3 is 2.55 bits per heavy atom. The van der Waals surface area contributed by atoms with E-state index in [2.05, 4.69) is 28.9 Å². The van der Waals surface area contributed by atoms with Crippen LogP contribution in [0.4, 0.5) is 0 Å². The molecule has 0 spiro atoms. The molecule has 1 atom stereocenters. The van der Waals surface area contributed by atoms with Gasteiger partial charge in [0.05, 0.1) is 0 Å². The monoisotopic (exact) mass is 402 g/mol. The molecule has 2 aromatic carbocycles. The summed E-state index contributed by atoms with van der Waals surface area (Å²) in [6.07, 6.45) is 0.636. The second-order valence-corrected chi connectivity index (χ2v) is 8.22. The van der Waals surface area contributed by atoms with Gasteiger partial charge in [-0.05, 0) is 46.7 Å². The van der Waals surface area contributed by atoms with Crippen LogP contribution in [0.1, 0.15) is 28.8 Å². The van der Waals surface area contributed by atoms with Crippen molar-refractivity contribution in [3.05, 3.63) is 71.1 Å². The number of benzene rings is 2. The zero-order chi connectivity index (χ0) is 20.0. The molecule has 1 unspecified atom stereocenters. The highest BCUT2D eigenvalue weighted by Gasteiger charge is 2.39. The molecule has 0 aliphatic carbocycles. The molecule has 3 amide bonds. The van der Waals surface area contributed by atoms with Gasteiger partial charge in [-0.3, -0.25) is 19.7 Å². The molecule has 144 valence electrons. The van der Waals surface area contributed by atoms with Gasteiger partial charge < -0.3 is 4.90 Å². The van der Waals surface area contributed by atoms with Crippen LogP contribution < -0.4 is 5.32 Å². The maximum atomic E-state index is 12.9. The van der Waals surface area contributed by atoms with E-state index in [1.807, 2.05) is 36.4 Å². The van der Waals surface area contributed by atoms with Crippen molar-refractivity contribution in [1.82, 2.24) is 10.2 Å². The van der Waals surface area contributed by atoms with Crippen molar-refractivity contribution in [2.45, 2.75) is 25.4 Å². The Hall–Kier alpha value is -3.25. The normalized spacial score (nSPS) is 18.7. The zero-order valence-electron chi connectivity index (χ0n) is 15.6. The molecule has 1 saturated heterocycles. The van der Waals surface area contributed by atoms with Crippen LogP contribution in [-0.2, 0) is 16.1 Å². The molecule has 29 heavy (non-hydrogen) atoms. The molecule has 5 nitrogen and oxygen atoms in total. The van der Waals surface area contributed by atoms with Crippen LogP contribution in [0.15, 0.2) is 60.0 Å². The summed E-state index contributed by atoms with van der Waals surface area (Å²) < 4.78 is 0. The number of piperidine rings is 1. The lowest BCUT2D eigenvalue weighted by Crippen LogP contribution is -2.52. The van der Waals surface area contributed by atoms with Gasteiger partial charge in [-0.1, -0.05) is 36.4 Å². The van der Waals surface area contributed by atoms with Gasteiger partial charge in [0, 0.05) is 29.0 Å². The van der Waals surface area contributed by atoms with Gasteiger partial charge in [-0.25, -0.2) is 0 Å². The zero-order valence-corrected chi connectivity index (χ0v) is 16.4. The second kappa shape index (κ2) is 6.97. The summed E-state index contributed by atoms with van der Waals surface area (Å²) in [5, 5.41) is 4.42. The second-order valence-electron chi connectivity index (χ2n) is 7.30. The van der Waals surface area contributed by atoms with Crippen LogP contribution in [0, 0.1) is 0 Å². The predicted octanol–water partition coefficient (Wildman–Crippen LogP) is 3.84. The van der Waals surface area contributed by atoms with Gasteiger partial charge in [0.25, 0.3) is 5.91 Å². The highest BCUT2D eigenvalue weighted by Crippen LogP contribution is 2.38.